The Morgan fingerprint density at radius 3 is 2.12 bits per heavy atom. The van der Waals surface area contributed by atoms with E-state index in [-0.39, 0.29) is 41.4 Å². The molecule has 2 bridgehead atoms. The van der Waals surface area contributed by atoms with Gasteiger partial charge in [-0.15, -0.1) is 0 Å². The average molecular weight is 538 g/mol. The highest BCUT2D eigenvalue weighted by Crippen LogP contribution is 2.65. The molecule has 1 heterocycles. The molecule has 0 unspecified atom stereocenters. The summed E-state index contributed by atoms with van der Waals surface area (Å²) in [5, 5.41) is 2.94. The van der Waals surface area contributed by atoms with Crippen LogP contribution in [-0.2, 0) is 20.8 Å². The molecule has 1 aliphatic heterocycles. The summed E-state index contributed by atoms with van der Waals surface area (Å²) in [5.41, 5.74) is 1.59. The lowest BCUT2D eigenvalue weighted by Crippen LogP contribution is -2.49. The number of likely N-dealkylation sites (tertiary alicyclic amines) is 1. The van der Waals surface area contributed by atoms with E-state index in [4.69, 9.17) is 0 Å². The minimum atomic E-state index is -0.863. The zero-order valence-corrected chi connectivity index (χ0v) is 19.5. The van der Waals surface area contributed by atoms with E-state index in [0.29, 0.717) is 23.9 Å². The van der Waals surface area contributed by atoms with Crippen LogP contribution < -0.4 is 5.32 Å². The van der Waals surface area contributed by atoms with Crippen LogP contribution in [0.2, 0.25) is 0 Å². The molecule has 5 aliphatic rings. The summed E-state index contributed by atoms with van der Waals surface area (Å²) < 4.78 is 1.07. The molecular formula is C26H23IN2O3. The largest absolute Gasteiger partial charge is 0.324 e. The average Bonchev–Trinajstić information content (AvgIpc) is 3.58. The van der Waals surface area contributed by atoms with E-state index in [0.717, 1.165) is 15.6 Å². The van der Waals surface area contributed by atoms with Crippen LogP contribution in [0.4, 0.5) is 5.69 Å². The fourth-order valence-electron chi connectivity index (χ4n) is 6.18. The van der Waals surface area contributed by atoms with Crippen molar-refractivity contribution in [1.82, 2.24) is 4.90 Å². The smallest absolute Gasteiger partial charge is 0.248 e. The maximum Gasteiger partial charge on any atom is 0.248 e. The third-order valence-corrected chi connectivity index (χ3v) is 8.41. The second kappa shape index (κ2) is 7.54. The number of nitrogens with zero attached hydrogens (tertiary/aromatic N) is 1. The molecule has 162 valence electrons. The van der Waals surface area contributed by atoms with Crippen LogP contribution in [0.3, 0.4) is 0 Å². The van der Waals surface area contributed by atoms with Gasteiger partial charge in [0.2, 0.25) is 17.7 Å². The topological polar surface area (TPSA) is 66.5 Å². The summed E-state index contributed by atoms with van der Waals surface area (Å²) >= 11 is 2.21. The maximum absolute atomic E-state index is 13.6. The van der Waals surface area contributed by atoms with Crippen LogP contribution in [0.25, 0.3) is 0 Å². The van der Waals surface area contributed by atoms with Crippen LogP contribution in [0.15, 0.2) is 66.7 Å². The number of carbonyl (C=O) groups is 3. The number of benzene rings is 2. The van der Waals surface area contributed by atoms with Crippen LogP contribution in [0, 0.1) is 39.1 Å². The molecular weight excluding hydrogens is 515 g/mol. The number of nitrogens with one attached hydrogen (secondary N) is 1. The van der Waals surface area contributed by atoms with Gasteiger partial charge in [-0.3, -0.25) is 19.3 Å². The van der Waals surface area contributed by atoms with Crippen molar-refractivity contribution in [2.45, 2.75) is 18.9 Å². The zero-order chi connectivity index (χ0) is 22.0. The minimum Gasteiger partial charge on any atom is -0.324 e. The molecule has 0 aromatic heterocycles. The van der Waals surface area contributed by atoms with Gasteiger partial charge in [0.05, 0.1) is 11.8 Å². The first kappa shape index (κ1) is 20.1. The van der Waals surface area contributed by atoms with Crippen molar-refractivity contribution < 1.29 is 14.4 Å². The van der Waals surface area contributed by atoms with Gasteiger partial charge in [0, 0.05) is 15.7 Å². The Labute approximate surface area is 200 Å². The van der Waals surface area contributed by atoms with Crippen molar-refractivity contribution in [3.8, 4) is 0 Å². The van der Waals surface area contributed by atoms with Crippen LogP contribution in [0.5, 0.6) is 0 Å². The summed E-state index contributed by atoms with van der Waals surface area (Å²) in [5.74, 6) is 0.123. The Kier molecular flexibility index (Phi) is 4.75. The van der Waals surface area contributed by atoms with E-state index in [1.165, 1.54) is 4.90 Å². The van der Waals surface area contributed by atoms with E-state index >= 15 is 0 Å². The van der Waals surface area contributed by atoms with Crippen LogP contribution in [0.1, 0.15) is 12.0 Å². The molecule has 6 heteroatoms. The van der Waals surface area contributed by atoms with E-state index < -0.39 is 6.04 Å². The standard InChI is InChI=1S/C26H23IN2O3/c27-15-6-8-16(9-7-15)28-24(30)21(12-14-4-2-1-3-5-14)29-25(31)22-17-10-11-18(20-13-19(17)20)23(22)26(29)32/h1-11,17-23H,12-13H2,(H,28,30)/t17-,18-,19-,20+,21-,22+,23+/m1/s1. The number of anilines is 1. The number of halogens is 1. The fraction of sp³-hybridized carbons (Fsp3) is 0.346. The number of allylic oxidation sites excluding steroid dienone is 2. The Hall–Kier alpha value is -2.48. The molecule has 32 heavy (non-hydrogen) atoms. The van der Waals surface area contributed by atoms with Crippen molar-refractivity contribution in [3.05, 3.63) is 75.9 Å². The monoisotopic (exact) mass is 538 g/mol. The molecule has 2 aromatic rings. The Bertz CT molecular complexity index is 1090. The molecule has 7 rings (SSSR count). The summed E-state index contributed by atoms with van der Waals surface area (Å²) in [6, 6.07) is 16.3. The lowest BCUT2D eigenvalue weighted by molar-refractivity contribution is -0.146. The fourth-order valence-corrected chi connectivity index (χ4v) is 6.54. The summed E-state index contributed by atoms with van der Waals surface area (Å²) in [6.07, 6.45) is 5.75. The van der Waals surface area contributed by atoms with Gasteiger partial charge in [0.1, 0.15) is 6.04 Å². The molecule has 1 N–H and O–H groups in total. The quantitative estimate of drug-likeness (QED) is 0.357. The third-order valence-electron chi connectivity index (χ3n) is 7.69. The van der Waals surface area contributed by atoms with E-state index in [9.17, 15) is 14.4 Å². The van der Waals surface area contributed by atoms with E-state index in [2.05, 4.69) is 40.1 Å². The first-order valence-corrected chi connectivity index (χ1v) is 12.3. The van der Waals surface area contributed by atoms with Gasteiger partial charge in [-0.1, -0.05) is 42.5 Å². The first-order chi connectivity index (χ1) is 15.5. The number of rotatable bonds is 5. The van der Waals surface area contributed by atoms with Gasteiger partial charge in [0.25, 0.3) is 0 Å². The van der Waals surface area contributed by atoms with Crippen molar-refractivity contribution in [2.75, 3.05) is 5.32 Å². The summed E-state index contributed by atoms with van der Waals surface area (Å²) in [4.78, 5) is 42.0. The highest BCUT2D eigenvalue weighted by atomic mass is 127. The lowest BCUT2D eigenvalue weighted by Gasteiger charge is -2.37. The number of amides is 3. The predicted molar refractivity (Wildman–Crippen MR) is 128 cm³/mol. The number of carbonyl (C=O) groups excluding carboxylic acids is 3. The molecule has 3 amide bonds. The molecule has 2 aromatic carbocycles. The first-order valence-electron chi connectivity index (χ1n) is 11.2. The van der Waals surface area contributed by atoms with Crippen molar-refractivity contribution in [1.29, 1.82) is 0 Å². The molecule has 2 saturated carbocycles. The molecule has 4 aliphatic carbocycles. The molecule has 7 atom stereocenters. The van der Waals surface area contributed by atoms with Gasteiger partial charge in [-0.05, 0) is 82.5 Å². The maximum atomic E-state index is 13.6. The minimum absolute atomic E-state index is 0.146. The molecule has 3 fully saturated rings. The second-order valence-electron chi connectivity index (χ2n) is 9.40. The van der Waals surface area contributed by atoms with Gasteiger partial charge < -0.3 is 5.32 Å². The Balaban J connectivity index is 1.33. The highest BCUT2D eigenvalue weighted by molar-refractivity contribution is 14.1. The molecule has 1 saturated heterocycles. The zero-order valence-electron chi connectivity index (χ0n) is 17.4. The van der Waals surface area contributed by atoms with Crippen molar-refractivity contribution in [3.63, 3.8) is 0 Å². The third kappa shape index (κ3) is 3.14. The molecule has 5 nitrogen and oxygen atoms in total. The molecule has 0 spiro atoms. The van der Waals surface area contributed by atoms with Crippen LogP contribution >= 0.6 is 22.6 Å². The highest BCUT2D eigenvalue weighted by Gasteiger charge is 2.67. The number of hydrogen-bond donors (Lipinski definition) is 1. The normalized spacial score (nSPS) is 32.5. The second-order valence-corrected chi connectivity index (χ2v) is 10.6. The van der Waals surface area contributed by atoms with E-state index in [1.807, 2.05) is 54.6 Å². The van der Waals surface area contributed by atoms with Gasteiger partial charge in [0.15, 0.2) is 0 Å². The Morgan fingerprint density at radius 1 is 0.938 bits per heavy atom. The number of hydrogen-bond acceptors (Lipinski definition) is 3. The van der Waals surface area contributed by atoms with Gasteiger partial charge in [-0.25, -0.2) is 0 Å². The number of imide groups is 1. The summed E-state index contributed by atoms with van der Waals surface area (Å²) in [7, 11) is 0. The Morgan fingerprint density at radius 2 is 1.53 bits per heavy atom. The van der Waals surface area contributed by atoms with E-state index in [1.54, 1.807) is 0 Å². The van der Waals surface area contributed by atoms with Gasteiger partial charge in [-0.2, -0.15) is 0 Å². The predicted octanol–water partition coefficient (Wildman–Crippen LogP) is 3.89. The summed E-state index contributed by atoms with van der Waals surface area (Å²) in [6.45, 7) is 0. The van der Waals surface area contributed by atoms with Crippen molar-refractivity contribution in [2.24, 2.45) is 35.5 Å². The van der Waals surface area contributed by atoms with Crippen LogP contribution in [-0.4, -0.2) is 28.7 Å². The molecule has 0 radical (unpaired) electrons. The van der Waals surface area contributed by atoms with Gasteiger partial charge >= 0.3 is 0 Å². The SMILES string of the molecule is O=C(Nc1ccc(I)cc1)[C@@H](Cc1ccccc1)N1C(=O)[C@H]2[C@@H]3C=C[C@H]([C@@H]4C[C@H]34)[C@@H]2C1=O. The van der Waals surface area contributed by atoms with Crippen molar-refractivity contribution >= 4 is 46.0 Å². The lowest BCUT2D eigenvalue weighted by atomic mass is 9.63.